The molecule has 0 atom stereocenters. The zero-order valence-corrected chi connectivity index (χ0v) is 12.7. The molecule has 0 aliphatic rings. The highest BCUT2D eigenvalue weighted by Gasteiger charge is 2.18. The Balaban J connectivity index is 3.02. The Morgan fingerprint density at radius 2 is 1.90 bits per heavy atom. The van der Waals surface area contributed by atoms with Gasteiger partial charge in [-0.1, -0.05) is 18.7 Å². The fraction of sp³-hybridized carbons (Fsp3) is 0.538. The minimum atomic E-state index is -0.528. The first-order valence-electron chi connectivity index (χ1n) is 6.43. The van der Waals surface area contributed by atoms with Crippen LogP contribution in [0.15, 0.2) is 11.4 Å². The van der Waals surface area contributed by atoms with Gasteiger partial charge < -0.3 is 9.47 Å². The van der Waals surface area contributed by atoms with Crippen LogP contribution in [-0.4, -0.2) is 40.9 Å². The topological polar surface area (TPSA) is 78.4 Å². The molecule has 0 saturated carbocycles. The van der Waals surface area contributed by atoms with Gasteiger partial charge >= 0.3 is 11.9 Å². The molecule has 0 aliphatic carbocycles. The Kier molecular flexibility index (Phi) is 7.00. The lowest BCUT2D eigenvalue weighted by molar-refractivity contribution is -0.142. The van der Waals surface area contributed by atoms with Crippen LogP contribution in [0.25, 0.3) is 0 Å². The monoisotopic (exact) mass is 298 g/mol. The number of thioether (sulfide) groups is 1. The Hall–Kier alpha value is -1.63. The van der Waals surface area contributed by atoms with Crippen molar-refractivity contribution in [2.45, 2.75) is 32.3 Å². The van der Waals surface area contributed by atoms with E-state index in [1.165, 1.54) is 18.0 Å². The molecule has 0 saturated heterocycles. The standard InChI is InChI=1S/C13H18N2O4S/c1-4-18-11(16)7-10-9(12(17)19-5-2)8-14-13(15-10)20-6-3/h8H,4-7H2,1-3H3. The SMILES string of the molecule is CCOC(=O)Cc1nc(SCC)ncc1C(=O)OCC. The van der Waals surface area contributed by atoms with Crippen LogP contribution in [0.1, 0.15) is 36.8 Å². The Labute approximate surface area is 122 Å². The third kappa shape index (κ3) is 4.80. The number of hydrogen-bond acceptors (Lipinski definition) is 7. The molecular weight excluding hydrogens is 280 g/mol. The fourth-order valence-electron chi connectivity index (χ4n) is 1.46. The smallest absolute Gasteiger partial charge is 0.341 e. The third-order valence-corrected chi connectivity index (χ3v) is 2.98. The van der Waals surface area contributed by atoms with Crippen LogP contribution in [0, 0.1) is 0 Å². The predicted molar refractivity (Wildman–Crippen MR) is 74.7 cm³/mol. The van der Waals surface area contributed by atoms with Crippen molar-refractivity contribution >= 4 is 23.7 Å². The van der Waals surface area contributed by atoms with Gasteiger partial charge in [0.2, 0.25) is 0 Å². The molecule has 0 spiro atoms. The Morgan fingerprint density at radius 3 is 2.50 bits per heavy atom. The average Bonchev–Trinajstić information content (AvgIpc) is 2.39. The molecule has 0 amide bonds. The first-order chi connectivity index (χ1) is 9.62. The second-order valence-electron chi connectivity index (χ2n) is 3.65. The molecule has 20 heavy (non-hydrogen) atoms. The van der Waals surface area contributed by atoms with Crippen molar-refractivity contribution in [3.63, 3.8) is 0 Å². The van der Waals surface area contributed by atoms with Crippen LogP contribution >= 0.6 is 11.8 Å². The van der Waals surface area contributed by atoms with Crippen molar-refractivity contribution in [3.05, 3.63) is 17.5 Å². The molecule has 6 nitrogen and oxygen atoms in total. The molecule has 1 heterocycles. The van der Waals surface area contributed by atoms with Gasteiger partial charge in [0.25, 0.3) is 0 Å². The Morgan fingerprint density at radius 1 is 1.20 bits per heavy atom. The van der Waals surface area contributed by atoms with Gasteiger partial charge in [0.05, 0.1) is 25.3 Å². The van der Waals surface area contributed by atoms with E-state index in [0.717, 1.165) is 5.75 Å². The zero-order chi connectivity index (χ0) is 15.0. The van der Waals surface area contributed by atoms with Crippen LogP contribution in [0.2, 0.25) is 0 Å². The van der Waals surface area contributed by atoms with Crippen molar-refractivity contribution in [2.24, 2.45) is 0 Å². The van der Waals surface area contributed by atoms with Gasteiger partial charge in [-0.25, -0.2) is 14.8 Å². The predicted octanol–water partition coefficient (Wildman–Crippen LogP) is 1.87. The molecule has 0 aliphatic heterocycles. The summed E-state index contributed by atoms with van der Waals surface area (Å²) in [5.41, 5.74) is 0.549. The highest BCUT2D eigenvalue weighted by atomic mass is 32.2. The number of ether oxygens (including phenoxy) is 2. The summed E-state index contributed by atoms with van der Waals surface area (Å²) in [6.45, 7) is 5.95. The van der Waals surface area contributed by atoms with E-state index in [2.05, 4.69) is 9.97 Å². The number of esters is 2. The Bertz CT molecular complexity index is 479. The summed E-state index contributed by atoms with van der Waals surface area (Å²) in [5.74, 6) is -0.151. The van der Waals surface area contributed by atoms with Crippen LogP contribution in [0.4, 0.5) is 0 Å². The second kappa shape index (κ2) is 8.52. The van der Waals surface area contributed by atoms with E-state index in [9.17, 15) is 9.59 Å². The molecule has 1 aromatic rings. The second-order valence-corrected chi connectivity index (χ2v) is 4.88. The van der Waals surface area contributed by atoms with E-state index < -0.39 is 11.9 Å². The van der Waals surface area contributed by atoms with Crippen LogP contribution in [0.5, 0.6) is 0 Å². The summed E-state index contributed by atoms with van der Waals surface area (Å²) in [7, 11) is 0. The van der Waals surface area contributed by atoms with Gasteiger partial charge in [-0.15, -0.1) is 0 Å². The first kappa shape index (κ1) is 16.4. The van der Waals surface area contributed by atoms with Crippen LogP contribution in [0.3, 0.4) is 0 Å². The number of carbonyl (C=O) groups is 2. The quantitative estimate of drug-likeness (QED) is 0.432. The van der Waals surface area contributed by atoms with E-state index in [1.807, 2.05) is 6.92 Å². The molecule has 110 valence electrons. The van der Waals surface area contributed by atoms with Gasteiger partial charge in [0.1, 0.15) is 5.56 Å². The molecule has 0 N–H and O–H groups in total. The van der Waals surface area contributed by atoms with Crippen LogP contribution in [-0.2, 0) is 20.7 Å². The largest absolute Gasteiger partial charge is 0.466 e. The summed E-state index contributed by atoms with van der Waals surface area (Å²) in [5, 5.41) is 0.528. The summed E-state index contributed by atoms with van der Waals surface area (Å²) in [6, 6.07) is 0. The molecule has 0 radical (unpaired) electrons. The van der Waals surface area contributed by atoms with Crippen molar-refractivity contribution in [1.82, 2.24) is 9.97 Å². The maximum Gasteiger partial charge on any atom is 0.341 e. The molecule has 1 aromatic heterocycles. The molecule has 1 rings (SSSR count). The molecule has 0 unspecified atom stereocenters. The van der Waals surface area contributed by atoms with Crippen molar-refractivity contribution in [3.8, 4) is 0 Å². The number of aromatic nitrogens is 2. The van der Waals surface area contributed by atoms with E-state index in [1.54, 1.807) is 13.8 Å². The highest BCUT2D eigenvalue weighted by Crippen LogP contribution is 2.16. The molecule has 0 fully saturated rings. The maximum atomic E-state index is 11.8. The van der Waals surface area contributed by atoms with Crippen molar-refractivity contribution in [2.75, 3.05) is 19.0 Å². The van der Waals surface area contributed by atoms with Gasteiger partial charge in [-0.2, -0.15) is 0 Å². The first-order valence-corrected chi connectivity index (χ1v) is 7.42. The van der Waals surface area contributed by atoms with E-state index in [4.69, 9.17) is 9.47 Å². The van der Waals surface area contributed by atoms with E-state index in [-0.39, 0.29) is 25.2 Å². The lowest BCUT2D eigenvalue weighted by Gasteiger charge is -2.08. The molecular formula is C13H18N2O4S. The number of nitrogens with zero attached hydrogens (tertiary/aromatic N) is 2. The van der Waals surface area contributed by atoms with E-state index >= 15 is 0 Å². The normalized spacial score (nSPS) is 10.2. The number of hydrogen-bond donors (Lipinski definition) is 0. The van der Waals surface area contributed by atoms with Gasteiger partial charge in [-0.05, 0) is 19.6 Å². The maximum absolute atomic E-state index is 11.8. The summed E-state index contributed by atoms with van der Waals surface area (Å²) >= 11 is 1.44. The highest BCUT2D eigenvalue weighted by molar-refractivity contribution is 7.99. The summed E-state index contributed by atoms with van der Waals surface area (Å²) < 4.78 is 9.81. The number of carbonyl (C=O) groups excluding carboxylic acids is 2. The van der Waals surface area contributed by atoms with Crippen LogP contribution < -0.4 is 0 Å². The van der Waals surface area contributed by atoms with Crippen molar-refractivity contribution in [1.29, 1.82) is 0 Å². The molecule has 7 heteroatoms. The van der Waals surface area contributed by atoms with Gasteiger partial charge in [-0.3, -0.25) is 4.79 Å². The minimum Gasteiger partial charge on any atom is -0.466 e. The zero-order valence-electron chi connectivity index (χ0n) is 11.8. The van der Waals surface area contributed by atoms with Crippen molar-refractivity contribution < 1.29 is 19.1 Å². The summed E-state index contributed by atoms with van der Waals surface area (Å²) in [4.78, 5) is 31.7. The molecule has 0 aromatic carbocycles. The minimum absolute atomic E-state index is 0.0677. The third-order valence-electron chi connectivity index (χ3n) is 2.23. The van der Waals surface area contributed by atoms with Gasteiger partial charge in [0, 0.05) is 6.20 Å². The number of rotatable bonds is 7. The van der Waals surface area contributed by atoms with E-state index in [0.29, 0.717) is 10.9 Å². The lowest BCUT2D eigenvalue weighted by atomic mass is 10.2. The average molecular weight is 298 g/mol. The fourth-order valence-corrected chi connectivity index (χ4v) is 2.02. The summed E-state index contributed by atoms with van der Waals surface area (Å²) in [6.07, 6.45) is 1.33. The lowest BCUT2D eigenvalue weighted by Crippen LogP contribution is -2.16. The van der Waals surface area contributed by atoms with Gasteiger partial charge in [0.15, 0.2) is 5.16 Å². The molecule has 0 bridgehead atoms.